The van der Waals surface area contributed by atoms with Crippen LogP contribution in [0.4, 0.5) is 0 Å². The normalized spacial score (nSPS) is 36.6. The third kappa shape index (κ3) is 1.98. The van der Waals surface area contributed by atoms with Gasteiger partial charge in [0.2, 0.25) is 0 Å². The zero-order valence-electron chi connectivity index (χ0n) is 11.3. The Morgan fingerprint density at radius 3 is 2.67 bits per heavy atom. The first-order valence-corrected chi connectivity index (χ1v) is 7.16. The van der Waals surface area contributed by atoms with Gasteiger partial charge in [0.1, 0.15) is 0 Å². The van der Waals surface area contributed by atoms with E-state index in [0.29, 0.717) is 6.04 Å². The highest BCUT2D eigenvalue weighted by atomic mass is 16.3. The van der Waals surface area contributed by atoms with Crippen LogP contribution >= 0.6 is 0 Å². The number of fused-ring (bicyclic) bond motifs is 1. The molecule has 1 aromatic rings. The second-order valence-electron chi connectivity index (χ2n) is 6.15. The summed E-state index contributed by atoms with van der Waals surface area (Å²) in [5.41, 5.74) is 2.48. The highest BCUT2D eigenvalue weighted by molar-refractivity contribution is 5.35. The molecule has 4 unspecified atom stereocenters. The SMILES string of the molecule is CC1CCN(C2Cc3ccccc3C2O)CC1C. The van der Waals surface area contributed by atoms with Crippen LogP contribution in [0.1, 0.15) is 37.5 Å². The summed E-state index contributed by atoms with van der Waals surface area (Å²) in [5.74, 6) is 1.57. The summed E-state index contributed by atoms with van der Waals surface area (Å²) < 4.78 is 0. The van der Waals surface area contributed by atoms with Gasteiger partial charge in [-0.2, -0.15) is 0 Å². The molecule has 1 saturated heterocycles. The van der Waals surface area contributed by atoms with Crippen molar-refractivity contribution in [2.24, 2.45) is 11.8 Å². The summed E-state index contributed by atoms with van der Waals surface area (Å²) in [6.45, 7) is 6.96. The van der Waals surface area contributed by atoms with Crippen molar-refractivity contribution in [3.05, 3.63) is 35.4 Å². The van der Waals surface area contributed by atoms with E-state index in [1.807, 2.05) is 6.07 Å². The Hall–Kier alpha value is -0.860. The minimum absolute atomic E-state index is 0.290. The molecule has 4 atom stereocenters. The number of nitrogens with zero attached hydrogens (tertiary/aromatic N) is 1. The third-order valence-electron chi connectivity index (χ3n) is 5.00. The predicted octanol–water partition coefficient (Wildman–Crippen LogP) is 2.62. The Morgan fingerprint density at radius 2 is 1.94 bits per heavy atom. The monoisotopic (exact) mass is 245 g/mol. The smallest absolute Gasteiger partial charge is 0.0951 e. The summed E-state index contributed by atoms with van der Waals surface area (Å²) in [7, 11) is 0. The van der Waals surface area contributed by atoms with E-state index in [1.165, 1.54) is 12.0 Å². The lowest BCUT2D eigenvalue weighted by atomic mass is 9.87. The lowest BCUT2D eigenvalue weighted by molar-refractivity contribution is 0.0235. The molecule has 1 aliphatic heterocycles. The summed E-state index contributed by atoms with van der Waals surface area (Å²) in [4.78, 5) is 2.51. The standard InChI is InChI=1S/C16H23NO/c1-11-7-8-17(10-12(11)2)15-9-13-5-3-4-6-14(13)16(15)18/h3-6,11-12,15-16,18H,7-10H2,1-2H3. The van der Waals surface area contributed by atoms with E-state index in [2.05, 4.69) is 36.9 Å². The quantitative estimate of drug-likeness (QED) is 0.822. The molecule has 2 nitrogen and oxygen atoms in total. The molecule has 0 radical (unpaired) electrons. The first-order valence-electron chi connectivity index (χ1n) is 7.16. The Bertz CT molecular complexity index is 431. The van der Waals surface area contributed by atoms with Crippen LogP contribution in [0.5, 0.6) is 0 Å². The highest BCUT2D eigenvalue weighted by Crippen LogP contribution is 2.36. The molecule has 3 rings (SSSR count). The minimum Gasteiger partial charge on any atom is -0.387 e. The average Bonchev–Trinajstić information content (AvgIpc) is 2.71. The Labute approximate surface area is 110 Å². The predicted molar refractivity (Wildman–Crippen MR) is 73.4 cm³/mol. The van der Waals surface area contributed by atoms with Crippen LogP contribution in [0.2, 0.25) is 0 Å². The van der Waals surface area contributed by atoms with Crippen LogP contribution in [0.15, 0.2) is 24.3 Å². The van der Waals surface area contributed by atoms with Gasteiger partial charge in [-0.3, -0.25) is 4.90 Å². The zero-order chi connectivity index (χ0) is 12.7. The average molecular weight is 245 g/mol. The molecular formula is C16H23NO. The zero-order valence-corrected chi connectivity index (χ0v) is 11.3. The molecule has 0 aromatic heterocycles. The first-order chi connectivity index (χ1) is 8.66. The van der Waals surface area contributed by atoms with Crippen molar-refractivity contribution in [3.63, 3.8) is 0 Å². The lowest BCUT2D eigenvalue weighted by Gasteiger charge is -2.40. The number of likely N-dealkylation sites (tertiary alicyclic amines) is 1. The molecule has 2 aliphatic rings. The Morgan fingerprint density at radius 1 is 1.17 bits per heavy atom. The fourth-order valence-electron chi connectivity index (χ4n) is 3.48. The fourth-order valence-corrected chi connectivity index (χ4v) is 3.48. The van der Waals surface area contributed by atoms with Crippen LogP contribution in [-0.2, 0) is 6.42 Å². The number of aliphatic hydroxyl groups is 1. The minimum atomic E-state index is -0.290. The van der Waals surface area contributed by atoms with Crippen molar-refractivity contribution in [3.8, 4) is 0 Å². The van der Waals surface area contributed by atoms with E-state index in [4.69, 9.17) is 0 Å². The van der Waals surface area contributed by atoms with Crippen LogP contribution in [0, 0.1) is 11.8 Å². The van der Waals surface area contributed by atoms with Gasteiger partial charge in [0.05, 0.1) is 6.10 Å². The molecule has 0 bridgehead atoms. The Balaban J connectivity index is 1.76. The second kappa shape index (κ2) is 4.67. The topological polar surface area (TPSA) is 23.5 Å². The largest absolute Gasteiger partial charge is 0.387 e. The third-order valence-corrected chi connectivity index (χ3v) is 5.00. The number of rotatable bonds is 1. The van der Waals surface area contributed by atoms with Crippen molar-refractivity contribution >= 4 is 0 Å². The number of hydrogen-bond donors (Lipinski definition) is 1. The van der Waals surface area contributed by atoms with Gasteiger partial charge in [0.25, 0.3) is 0 Å². The molecule has 1 aliphatic carbocycles. The van der Waals surface area contributed by atoms with Gasteiger partial charge >= 0.3 is 0 Å². The van der Waals surface area contributed by atoms with E-state index in [1.54, 1.807) is 0 Å². The van der Waals surface area contributed by atoms with Gasteiger partial charge in [0, 0.05) is 12.6 Å². The number of benzene rings is 1. The van der Waals surface area contributed by atoms with Gasteiger partial charge in [-0.15, -0.1) is 0 Å². The first kappa shape index (κ1) is 12.2. The molecule has 0 saturated carbocycles. The molecule has 0 amide bonds. The van der Waals surface area contributed by atoms with Gasteiger partial charge in [-0.1, -0.05) is 38.1 Å². The van der Waals surface area contributed by atoms with Crippen molar-refractivity contribution < 1.29 is 5.11 Å². The maximum atomic E-state index is 10.5. The summed E-state index contributed by atoms with van der Waals surface area (Å²) in [5, 5.41) is 10.5. The molecule has 1 heterocycles. The van der Waals surface area contributed by atoms with Crippen molar-refractivity contribution in [1.82, 2.24) is 4.90 Å². The van der Waals surface area contributed by atoms with Crippen LogP contribution in [0.3, 0.4) is 0 Å². The van der Waals surface area contributed by atoms with Crippen LogP contribution < -0.4 is 0 Å². The summed E-state index contributed by atoms with van der Waals surface area (Å²) in [6, 6.07) is 8.66. The fraction of sp³-hybridized carbons (Fsp3) is 0.625. The summed E-state index contributed by atoms with van der Waals surface area (Å²) in [6.07, 6.45) is 1.99. The molecule has 2 heteroatoms. The summed E-state index contributed by atoms with van der Waals surface area (Å²) >= 11 is 0. The van der Waals surface area contributed by atoms with Crippen LogP contribution in [-0.4, -0.2) is 29.1 Å². The number of aliphatic hydroxyl groups excluding tert-OH is 1. The molecule has 18 heavy (non-hydrogen) atoms. The van der Waals surface area contributed by atoms with Gasteiger partial charge < -0.3 is 5.11 Å². The van der Waals surface area contributed by atoms with Crippen LogP contribution in [0.25, 0.3) is 0 Å². The van der Waals surface area contributed by atoms with E-state index in [-0.39, 0.29) is 6.10 Å². The molecular weight excluding hydrogens is 222 g/mol. The van der Waals surface area contributed by atoms with Crippen molar-refractivity contribution in [2.75, 3.05) is 13.1 Å². The Kier molecular flexibility index (Phi) is 3.16. The maximum Gasteiger partial charge on any atom is 0.0951 e. The molecule has 0 spiro atoms. The number of piperidine rings is 1. The maximum absolute atomic E-state index is 10.5. The van der Waals surface area contributed by atoms with Gasteiger partial charge in [-0.25, -0.2) is 0 Å². The van der Waals surface area contributed by atoms with E-state index >= 15 is 0 Å². The second-order valence-corrected chi connectivity index (χ2v) is 6.15. The number of hydrogen-bond acceptors (Lipinski definition) is 2. The molecule has 1 N–H and O–H groups in total. The van der Waals surface area contributed by atoms with E-state index in [9.17, 15) is 5.11 Å². The van der Waals surface area contributed by atoms with Gasteiger partial charge in [-0.05, 0) is 42.3 Å². The van der Waals surface area contributed by atoms with Gasteiger partial charge in [0.15, 0.2) is 0 Å². The molecule has 1 fully saturated rings. The molecule has 98 valence electrons. The van der Waals surface area contributed by atoms with Crippen molar-refractivity contribution in [2.45, 2.75) is 38.8 Å². The van der Waals surface area contributed by atoms with Crippen molar-refractivity contribution in [1.29, 1.82) is 0 Å². The van der Waals surface area contributed by atoms with E-state index < -0.39 is 0 Å². The molecule has 1 aromatic carbocycles. The lowest BCUT2D eigenvalue weighted by Crippen LogP contribution is -2.46. The highest BCUT2D eigenvalue weighted by Gasteiger charge is 2.37. The van der Waals surface area contributed by atoms with E-state index in [0.717, 1.165) is 36.9 Å².